The molecule has 10 heteroatoms. The number of hydrogen-bond acceptors (Lipinski definition) is 9. The van der Waals surface area contributed by atoms with E-state index in [-0.39, 0.29) is 18.1 Å². The molecule has 0 atom stereocenters. The van der Waals surface area contributed by atoms with Gasteiger partial charge in [0, 0.05) is 44.0 Å². The van der Waals surface area contributed by atoms with Crippen molar-refractivity contribution in [2.75, 3.05) is 36.8 Å². The van der Waals surface area contributed by atoms with Crippen LogP contribution in [-0.2, 0) is 11.2 Å². The fourth-order valence-corrected chi connectivity index (χ4v) is 5.43. The Hall–Kier alpha value is -2.30. The number of nitrogens with zero attached hydrogens (tertiary/aromatic N) is 5. The number of hydrogen-bond donors (Lipinski definition) is 0. The second-order valence-electron chi connectivity index (χ2n) is 6.39. The molecule has 0 bridgehead atoms. The van der Waals surface area contributed by atoms with Gasteiger partial charge in [0.15, 0.2) is 10.1 Å². The standard InChI is InChI=1S/C19H19N5O2S3/c25-15(16-3-1-10-27-16)13-29-19-22-14(12-28-19)11-17(26)23-6-8-24(9-7-23)18-20-4-2-5-21-18/h1-5,10,12H,6-9,11,13H2. The van der Waals surface area contributed by atoms with Crippen molar-refractivity contribution < 1.29 is 9.59 Å². The number of carbonyl (C=O) groups excluding carboxylic acids is 2. The van der Waals surface area contributed by atoms with Crippen molar-refractivity contribution in [3.63, 3.8) is 0 Å². The Bertz CT molecular complexity index is 953. The molecule has 4 heterocycles. The van der Waals surface area contributed by atoms with E-state index in [9.17, 15) is 9.59 Å². The van der Waals surface area contributed by atoms with Crippen LogP contribution in [0.15, 0.2) is 45.7 Å². The van der Waals surface area contributed by atoms with Crippen molar-refractivity contribution >= 4 is 52.1 Å². The predicted molar refractivity (Wildman–Crippen MR) is 116 cm³/mol. The van der Waals surface area contributed by atoms with Gasteiger partial charge in [-0.3, -0.25) is 9.59 Å². The van der Waals surface area contributed by atoms with Crippen molar-refractivity contribution in [2.45, 2.75) is 10.8 Å². The third-order valence-corrected chi connectivity index (χ3v) is 7.43. The van der Waals surface area contributed by atoms with E-state index in [0.717, 1.165) is 28.0 Å². The summed E-state index contributed by atoms with van der Waals surface area (Å²) in [5.41, 5.74) is 0.764. The predicted octanol–water partition coefficient (Wildman–Crippen LogP) is 2.86. The second-order valence-corrected chi connectivity index (χ2v) is 9.42. The first kappa shape index (κ1) is 20.0. The van der Waals surface area contributed by atoms with Gasteiger partial charge in [0.25, 0.3) is 0 Å². The Balaban J connectivity index is 1.25. The molecule has 150 valence electrons. The summed E-state index contributed by atoms with van der Waals surface area (Å²) in [7, 11) is 0. The third-order valence-electron chi connectivity index (χ3n) is 4.45. The lowest BCUT2D eigenvalue weighted by molar-refractivity contribution is -0.130. The summed E-state index contributed by atoms with van der Waals surface area (Å²) in [5.74, 6) is 1.26. The van der Waals surface area contributed by atoms with E-state index in [2.05, 4.69) is 19.9 Å². The SMILES string of the molecule is O=C(CSc1nc(CC(=O)N2CCN(c3ncccn3)CC2)cs1)c1cccs1. The van der Waals surface area contributed by atoms with Crippen molar-refractivity contribution in [1.29, 1.82) is 0 Å². The highest BCUT2D eigenvalue weighted by molar-refractivity contribution is 8.01. The molecule has 0 aliphatic carbocycles. The summed E-state index contributed by atoms with van der Waals surface area (Å²) in [6.07, 6.45) is 3.75. The average molecular weight is 446 g/mol. The van der Waals surface area contributed by atoms with Crippen LogP contribution in [0.25, 0.3) is 0 Å². The van der Waals surface area contributed by atoms with Crippen molar-refractivity contribution in [2.24, 2.45) is 0 Å². The van der Waals surface area contributed by atoms with Crippen LogP contribution in [0.2, 0.25) is 0 Å². The molecule has 7 nitrogen and oxygen atoms in total. The maximum Gasteiger partial charge on any atom is 0.228 e. The summed E-state index contributed by atoms with van der Waals surface area (Å²) in [4.78, 5) is 42.5. The topological polar surface area (TPSA) is 79.3 Å². The molecule has 0 spiro atoms. The zero-order valence-corrected chi connectivity index (χ0v) is 18.0. The summed E-state index contributed by atoms with van der Waals surface area (Å²) in [6, 6.07) is 5.51. The van der Waals surface area contributed by atoms with Gasteiger partial charge in [-0.05, 0) is 17.5 Å². The van der Waals surface area contributed by atoms with E-state index in [1.807, 2.05) is 27.8 Å². The second kappa shape index (κ2) is 9.47. The van der Waals surface area contributed by atoms with E-state index < -0.39 is 0 Å². The van der Waals surface area contributed by atoms with E-state index in [1.54, 1.807) is 18.5 Å². The van der Waals surface area contributed by atoms with Crippen molar-refractivity contribution in [3.05, 3.63) is 51.9 Å². The van der Waals surface area contributed by atoms with Gasteiger partial charge in [-0.25, -0.2) is 15.0 Å². The molecule has 1 aliphatic heterocycles. The van der Waals surface area contributed by atoms with E-state index in [1.165, 1.54) is 34.4 Å². The van der Waals surface area contributed by atoms with Gasteiger partial charge in [-0.2, -0.15) is 0 Å². The minimum Gasteiger partial charge on any atom is -0.339 e. The smallest absolute Gasteiger partial charge is 0.228 e. The van der Waals surface area contributed by atoms with Crippen molar-refractivity contribution in [1.82, 2.24) is 19.9 Å². The molecule has 1 saturated heterocycles. The molecular weight excluding hydrogens is 426 g/mol. The summed E-state index contributed by atoms with van der Waals surface area (Å²) >= 11 is 4.36. The maximum atomic E-state index is 12.6. The first-order valence-electron chi connectivity index (χ1n) is 9.12. The normalized spacial score (nSPS) is 14.2. The van der Waals surface area contributed by atoms with Crippen LogP contribution < -0.4 is 4.90 Å². The zero-order valence-electron chi connectivity index (χ0n) is 15.6. The first-order chi connectivity index (χ1) is 14.2. The summed E-state index contributed by atoms with van der Waals surface area (Å²) in [5, 5.41) is 3.81. The molecule has 0 unspecified atom stereocenters. The molecule has 29 heavy (non-hydrogen) atoms. The highest BCUT2D eigenvalue weighted by atomic mass is 32.2. The lowest BCUT2D eigenvalue weighted by Crippen LogP contribution is -2.49. The quantitative estimate of drug-likeness (QED) is 0.409. The minimum absolute atomic E-state index is 0.0788. The van der Waals surface area contributed by atoms with Gasteiger partial charge in [0.2, 0.25) is 11.9 Å². The molecule has 0 N–H and O–H groups in total. The highest BCUT2D eigenvalue weighted by Gasteiger charge is 2.23. The summed E-state index contributed by atoms with van der Waals surface area (Å²) in [6.45, 7) is 2.74. The molecule has 0 aromatic carbocycles. The fraction of sp³-hybridized carbons (Fsp3) is 0.316. The number of thiazole rings is 1. The fourth-order valence-electron chi connectivity index (χ4n) is 2.95. The Kier molecular flexibility index (Phi) is 6.53. The number of carbonyl (C=O) groups is 2. The van der Waals surface area contributed by atoms with Gasteiger partial charge >= 0.3 is 0 Å². The van der Waals surface area contributed by atoms with Crippen LogP contribution >= 0.6 is 34.4 Å². The molecule has 1 aliphatic rings. The number of piperazine rings is 1. The van der Waals surface area contributed by atoms with E-state index in [4.69, 9.17) is 0 Å². The number of thioether (sulfide) groups is 1. The van der Waals surface area contributed by atoms with Gasteiger partial charge in [0.05, 0.1) is 22.7 Å². The Morgan fingerprint density at radius 1 is 1.07 bits per heavy atom. The first-order valence-corrected chi connectivity index (χ1v) is 11.9. The molecule has 1 amide bonds. The molecule has 3 aromatic heterocycles. The van der Waals surface area contributed by atoms with Gasteiger partial charge < -0.3 is 9.80 Å². The number of anilines is 1. The summed E-state index contributed by atoms with van der Waals surface area (Å²) < 4.78 is 0.823. The molecule has 3 aromatic rings. The van der Waals surface area contributed by atoms with Crippen LogP contribution in [0.1, 0.15) is 15.4 Å². The van der Waals surface area contributed by atoms with Gasteiger partial charge in [0.1, 0.15) is 0 Å². The van der Waals surface area contributed by atoms with Crippen LogP contribution in [-0.4, -0.2) is 63.5 Å². The van der Waals surface area contributed by atoms with Crippen LogP contribution in [0.3, 0.4) is 0 Å². The number of amides is 1. The Labute approximate surface area is 180 Å². The minimum atomic E-state index is 0.0788. The Morgan fingerprint density at radius 2 is 1.86 bits per heavy atom. The molecule has 4 rings (SSSR count). The largest absolute Gasteiger partial charge is 0.339 e. The number of rotatable bonds is 7. The molecule has 0 radical (unpaired) electrons. The Morgan fingerprint density at radius 3 is 2.59 bits per heavy atom. The van der Waals surface area contributed by atoms with Crippen LogP contribution in [0, 0.1) is 0 Å². The lowest BCUT2D eigenvalue weighted by atomic mass is 10.2. The number of Topliss-reactive ketones (excluding diaryl/α,β-unsaturated/α-hetero) is 1. The van der Waals surface area contributed by atoms with Crippen LogP contribution in [0.4, 0.5) is 5.95 Å². The lowest BCUT2D eigenvalue weighted by Gasteiger charge is -2.34. The average Bonchev–Trinajstić information content (AvgIpc) is 3.45. The van der Waals surface area contributed by atoms with Gasteiger partial charge in [-0.1, -0.05) is 17.8 Å². The van der Waals surface area contributed by atoms with E-state index >= 15 is 0 Å². The van der Waals surface area contributed by atoms with Crippen LogP contribution in [0.5, 0.6) is 0 Å². The third kappa shape index (κ3) is 5.20. The monoisotopic (exact) mass is 445 g/mol. The number of aromatic nitrogens is 3. The maximum absolute atomic E-state index is 12.6. The highest BCUT2D eigenvalue weighted by Crippen LogP contribution is 2.25. The number of ketones is 1. The number of thiophene rings is 1. The molecular formula is C19H19N5O2S3. The van der Waals surface area contributed by atoms with Gasteiger partial charge in [-0.15, -0.1) is 22.7 Å². The van der Waals surface area contributed by atoms with Crippen molar-refractivity contribution in [3.8, 4) is 0 Å². The molecule has 1 fully saturated rings. The zero-order chi connectivity index (χ0) is 20.1. The van der Waals surface area contributed by atoms with E-state index in [0.29, 0.717) is 24.8 Å². The molecule has 0 saturated carbocycles.